The highest BCUT2D eigenvalue weighted by Crippen LogP contribution is 2.11. The molecule has 0 bridgehead atoms. The van der Waals surface area contributed by atoms with Gasteiger partial charge in [-0.2, -0.15) is 0 Å². The van der Waals surface area contributed by atoms with Crippen molar-refractivity contribution in [2.45, 2.75) is 13.0 Å². The van der Waals surface area contributed by atoms with E-state index in [0.717, 1.165) is 50.7 Å². The monoisotopic (exact) mass is 355 g/mol. The second-order valence-electron chi connectivity index (χ2n) is 6.20. The van der Waals surface area contributed by atoms with Gasteiger partial charge in [0, 0.05) is 25.8 Å². The maximum Gasteiger partial charge on any atom is 0.252 e. The average molecular weight is 355 g/mol. The van der Waals surface area contributed by atoms with E-state index in [-0.39, 0.29) is 5.91 Å². The summed E-state index contributed by atoms with van der Waals surface area (Å²) < 4.78 is 11.0. The Morgan fingerprint density at radius 1 is 1.15 bits per heavy atom. The van der Waals surface area contributed by atoms with Crippen molar-refractivity contribution >= 4 is 5.91 Å². The van der Waals surface area contributed by atoms with Crippen LogP contribution in [-0.2, 0) is 11.3 Å². The van der Waals surface area contributed by atoms with Crippen molar-refractivity contribution in [3.8, 4) is 5.75 Å². The summed E-state index contributed by atoms with van der Waals surface area (Å²) in [5, 5.41) is 2.95. The predicted octanol–water partition coefficient (Wildman–Crippen LogP) is 2.11. The Morgan fingerprint density at radius 3 is 2.69 bits per heavy atom. The SMILES string of the molecule is O=C(NCCCN1CCOCC1)c1ccc(COc2ccccc2)nc1. The lowest BCUT2D eigenvalue weighted by Gasteiger charge is -2.26. The lowest BCUT2D eigenvalue weighted by atomic mass is 10.2. The van der Waals surface area contributed by atoms with E-state index < -0.39 is 0 Å². The summed E-state index contributed by atoms with van der Waals surface area (Å²) in [6.45, 7) is 5.59. The predicted molar refractivity (Wildman–Crippen MR) is 99.2 cm³/mol. The van der Waals surface area contributed by atoms with Gasteiger partial charge in [0.05, 0.1) is 24.5 Å². The van der Waals surface area contributed by atoms with Crippen molar-refractivity contribution in [2.24, 2.45) is 0 Å². The number of nitrogens with one attached hydrogen (secondary N) is 1. The quantitative estimate of drug-likeness (QED) is 0.735. The fraction of sp³-hybridized carbons (Fsp3) is 0.400. The Balaban J connectivity index is 1.37. The summed E-state index contributed by atoms with van der Waals surface area (Å²) >= 11 is 0. The number of aromatic nitrogens is 1. The van der Waals surface area contributed by atoms with Crippen LogP contribution >= 0.6 is 0 Å². The highest BCUT2D eigenvalue weighted by molar-refractivity contribution is 5.93. The van der Waals surface area contributed by atoms with Gasteiger partial charge in [0.15, 0.2) is 0 Å². The molecule has 1 aromatic heterocycles. The zero-order chi connectivity index (χ0) is 18.0. The third kappa shape index (κ3) is 5.82. The summed E-state index contributed by atoms with van der Waals surface area (Å²) in [5.41, 5.74) is 1.36. The Hall–Kier alpha value is -2.44. The number of rotatable bonds is 8. The average Bonchev–Trinajstić information content (AvgIpc) is 2.71. The van der Waals surface area contributed by atoms with Gasteiger partial charge in [-0.1, -0.05) is 18.2 Å². The van der Waals surface area contributed by atoms with Crippen LogP contribution < -0.4 is 10.1 Å². The maximum absolute atomic E-state index is 12.2. The van der Waals surface area contributed by atoms with Crippen molar-refractivity contribution in [3.05, 3.63) is 59.9 Å². The molecule has 1 fully saturated rings. The van der Waals surface area contributed by atoms with Crippen molar-refractivity contribution in [1.29, 1.82) is 0 Å². The van der Waals surface area contributed by atoms with E-state index in [2.05, 4.69) is 15.2 Å². The van der Waals surface area contributed by atoms with Gasteiger partial charge in [-0.25, -0.2) is 0 Å². The van der Waals surface area contributed by atoms with Crippen LogP contribution in [-0.4, -0.2) is 55.2 Å². The normalized spacial score (nSPS) is 14.8. The molecule has 1 aliphatic heterocycles. The van der Waals surface area contributed by atoms with Crippen LogP contribution in [0.4, 0.5) is 0 Å². The lowest BCUT2D eigenvalue weighted by molar-refractivity contribution is 0.0374. The van der Waals surface area contributed by atoms with E-state index in [9.17, 15) is 4.79 Å². The minimum atomic E-state index is -0.0880. The zero-order valence-electron chi connectivity index (χ0n) is 14.9. The van der Waals surface area contributed by atoms with E-state index in [0.29, 0.717) is 18.7 Å². The standard InChI is InChI=1S/C20H25N3O3/c24-20(21-9-4-10-23-11-13-25-14-12-23)17-7-8-18(22-15-17)16-26-19-5-2-1-3-6-19/h1-3,5-8,15H,4,9-14,16H2,(H,21,24). The number of carbonyl (C=O) groups is 1. The number of carbonyl (C=O) groups excluding carboxylic acids is 1. The highest BCUT2D eigenvalue weighted by atomic mass is 16.5. The first-order chi connectivity index (χ1) is 12.8. The molecule has 2 aromatic rings. The van der Waals surface area contributed by atoms with Crippen LogP contribution in [0, 0.1) is 0 Å². The van der Waals surface area contributed by atoms with Crippen LogP contribution in [0.5, 0.6) is 5.75 Å². The Morgan fingerprint density at radius 2 is 1.96 bits per heavy atom. The number of hydrogen-bond acceptors (Lipinski definition) is 5. The minimum absolute atomic E-state index is 0.0880. The van der Waals surface area contributed by atoms with Crippen molar-refractivity contribution < 1.29 is 14.3 Å². The summed E-state index contributed by atoms with van der Waals surface area (Å²) in [5.74, 6) is 0.714. The van der Waals surface area contributed by atoms with Crippen molar-refractivity contribution in [2.75, 3.05) is 39.4 Å². The minimum Gasteiger partial charge on any atom is -0.487 e. The van der Waals surface area contributed by atoms with E-state index in [4.69, 9.17) is 9.47 Å². The van der Waals surface area contributed by atoms with Crippen LogP contribution in [0.25, 0.3) is 0 Å². The third-order valence-corrected chi connectivity index (χ3v) is 4.26. The Bertz CT molecular complexity index is 670. The number of morpholine rings is 1. The molecule has 0 spiro atoms. The van der Waals surface area contributed by atoms with Crippen LogP contribution in [0.3, 0.4) is 0 Å². The molecule has 0 unspecified atom stereocenters. The summed E-state index contributed by atoms with van der Waals surface area (Å²) in [7, 11) is 0. The molecule has 6 heteroatoms. The summed E-state index contributed by atoms with van der Waals surface area (Å²) in [4.78, 5) is 18.8. The maximum atomic E-state index is 12.2. The molecule has 0 radical (unpaired) electrons. The fourth-order valence-electron chi connectivity index (χ4n) is 2.75. The molecule has 1 N–H and O–H groups in total. The van der Waals surface area contributed by atoms with Gasteiger partial charge in [-0.15, -0.1) is 0 Å². The van der Waals surface area contributed by atoms with Gasteiger partial charge in [-0.3, -0.25) is 14.7 Å². The second kappa shape index (κ2) is 9.89. The Labute approximate surface area is 154 Å². The number of pyridine rings is 1. The first-order valence-corrected chi connectivity index (χ1v) is 9.02. The largest absolute Gasteiger partial charge is 0.487 e. The number of hydrogen-bond donors (Lipinski definition) is 1. The number of para-hydroxylation sites is 1. The first-order valence-electron chi connectivity index (χ1n) is 9.02. The fourth-order valence-corrected chi connectivity index (χ4v) is 2.75. The van der Waals surface area contributed by atoms with Crippen LogP contribution in [0.1, 0.15) is 22.5 Å². The molecule has 138 valence electrons. The van der Waals surface area contributed by atoms with Gasteiger partial charge in [0.1, 0.15) is 12.4 Å². The molecule has 0 atom stereocenters. The molecule has 1 saturated heterocycles. The third-order valence-electron chi connectivity index (χ3n) is 4.26. The van der Waals surface area contributed by atoms with Crippen molar-refractivity contribution in [3.63, 3.8) is 0 Å². The van der Waals surface area contributed by atoms with Gasteiger partial charge < -0.3 is 14.8 Å². The summed E-state index contributed by atoms with van der Waals surface area (Å²) in [6, 6.07) is 13.2. The topological polar surface area (TPSA) is 63.7 Å². The Kier molecular flexibility index (Phi) is 6.98. The zero-order valence-corrected chi connectivity index (χ0v) is 14.9. The van der Waals surface area contributed by atoms with E-state index >= 15 is 0 Å². The number of ether oxygens (including phenoxy) is 2. The molecule has 1 amide bonds. The number of nitrogens with zero attached hydrogens (tertiary/aromatic N) is 2. The van der Waals surface area contributed by atoms with E-state index in [1.165, 1.54) is 0 Å². The van der Waals surface area contributed by atoms with E-state index in [1.807, 2.05) is 36.4 Å². The molecular weight excluding hydrogens is 330 g/mol. The van der Waals surface area contributed by atoms with Crippen molar-refractivity contribution in [1.82, 2.24) is 15.2 Å². The lowest BCUT2D eigenvalue weighted by Crippen LogP contribution is -2.38. The molecule has 3 rings (SSSR count). The molecule has 0 saturated carbocycles. The molecule has 26 heavy (non-hydrogen) atoms. The molecule has 6 nitrogen and oxygen atoms in total. The smallest absolute Gasteiger partial charge is 0.252 e. The molecule has 1 aliphatic rings. The van der Waals surface area contributed by atoms with Gasteiger partial charge in [0.25, 0.3) is 5.91 Å². The molecular formula is C20H25N3O3. The van der Waals surface area contributed by atoms with Gasteiger partial charge >= 0.3 is 0 Å². The number of benzene rings is 1. The summed E-state index contributed by atoms with van der Waals surface area (Å²) in [6.07, 6.45) is 2.53. The number of amides is 1. The van der Waals surface area contributed by atoms with Gasteiger partial charge in [-0.05, 0) is 37.2 Å². The van der Waals surface area contributed by atoms with E-state index in [1.54, 1.807) is 12.3 Å². The van der Waals surface area contributed by atoms with Crippen LogP contribution in [0.15, 0.2) is 48.7 Å². The molecule has 1 aromatic carbocycles. The molecule has 0 aliphatic carbocycles. The highest BCUT2D eigenvalue weighted by Gasteiger charge is 2.10. The van der Waals surface area contributed by atoms with Crippen LogP contribution in [0.2, 0.25) is 0 Å². The molecule has 2 heterocycles. The first kappa shape index (κ1) is 18.4. The second-order valence-corrected chi connectivity index (χ2v) is 6.20. The van der Waals surface area contributed by atoms with Gasteiger partial charge in [0.2, 0.25) is 0 Å².